The summed E-state index contributed by atoms with van der Waals surface area (Å²) >= 11 is 5.44. The van der Waals surface area contributed by atoms with E-state index in [-0.39, 0.29) is 5.91 Å². The van der Waals surface area contributed by atoms with Crippen LogP contribution in [0.5, 0.6) is 0 Å². The summed E-state index contributed by atoms with van der Waals surface area (Å²) in [6.45, 7) is 0.414. The smallest absolute Gasteiger partial charge is 0.220 e. The lowest BCUT2D eigenvalue weighted by Gasteiger charge is -2.00. The molecule has 0 fully saturated rings. The molecule has 1 rings (SSSR count). The number of halogens is 1. The van der Waals surface area contributed by atoms with Crippen molar-refractivity contribution in [2.75, 3.05) is 5.88 Å². The molecule has 0 bridgehead atoms. The lowest BCUT2D eigenvalue weighted by Crippen LogP contribution is -2.22. The van der Waals surface area contributed by atoms with Gasteiger partial charge >= 0.3 is 0 Å². The normalized spacial score (nSPS) is 9.92. The average Bonchev–Trinajstić information content (AvgIpc) is 2.64. The van der Waals surface area contributed by atoms with Crippen molar-refractivity contribution in [2.45, 2.75) is 19.4 Å². The van der Waals surface area contributed by atoms with E-state index in [9.17, 15) is 4.79 Å². The summed E-state index contributed by atoms with van der Waals surface area (Å²) in [5, 5.41) is 6.35. The quantitative estimate of drug-likeness (QED) is 0.733. The molecular formula is C8H11ClN2O2. The first-order chi connectivity index (χ1) is 6.33. The van der Waals surface area contributed by atoms with Crippen LogP contribution >= 0.6 is 11.6 Å². The van der Waals surface area contributed by atoms with Gasteiger partial charge < -0.3 is 9.84 Å². The number of carbonyl (C=O) groups is 1. The summed E-state index contributed by atoms with van der Waals surface area (Å²) < 4.78 is 4.61. The summed E-state index contributed by atoms with van der Waals surface area (Å²) in [4.78, 5) is 11.1. The van der Waals surface area contributed by atoms with Crippen LogP contribution in [0.1, 0.15) is 18.5 Å². The number of hydrogen-bond acceptors (Lipinski definition) is 3. The summed E-state index contributed by atoms with van der Waals surface area (Å²) in [7, 11) is 0. The molecule has 1 amide bonds. The van der Waals surface area contributed by atoms with Crippen molar-refractivity contribution in [3.8, 4) is 0 Å². The molecule has 72 valence electrons. The van der Waals surface area contributed by atoms with Crippen molar-refractivity contribution in [1.29, 1.82) is 0 Å². The van der Waals surface area contributed by atoms with E-state index in [0.29, 0.717) is 25.3 Å². The predicted molar refractivity (Wildman–Crippen MR) is 48.3 cm³/mol. The molecular weight excluding hydrogens is 192 g/mol. The van der Waals surface area contributed by atoms with Crippen LogP contribution in [0.3, 0.4) is 0 Å². The first kappa shape index (κ1) is 10.1. The number of aromatic nitrogens is 1. The Morgan fingerprint density at radius 1 is 1.69 bits per heavy atom. The fourth-order valence-corrected chi connectivity index (χ4v) is 0.967. The molecule has 1 aromatic heterocycles. The summed E-state index contributed by atoms with van der Waals surface area (Å²) in [5.41, 5.74) is 0.722. The maximum atomic E-state index is 11.1. The van der Waals surface area contributed by atoms with Crippen LogP contribution in [0.2, 0.25) is 0 Å². The zero-order valence-electron chi connectivity index (χ0n) is 7.12. The van der Waals surface area contributed by atoms with E-state index in [4.69, 9.17) is 11.6 Å². The minimum absolute atomic E-state index is 0.0105. The van der Waals surface area contributed by atoms with Gasteiger partial charge in [-0.15, -0.1) is 11.6 Å². The van der Waals surface area contributed by atoms with Crippen molar-refractivity contribution in [3.63, 3.8) is 0 Å². The van der Waals surface area contributed by atoms with Gasteiger partial charge in [0.1, 0.15) is 12.0 Å². The molecule has 0 aliphatic rings. The van der Waals surface area contributed by atoms with Crippen molar-refractivity contribution in [3.05, 3.63) is 18.0 Å². The van der Waals surface area contributed by atoms with Crippen LogP contribution in [0.25, 0.3) is 0 Å². The minimum atomic E-state index is -0.0105. The van der Waals surface area contributed by atoms with Crippen LogP contribution < -0.4 is 5.32 Å². The Balaban J connectivity index is 2.15. The van der Waals surface area contributed by atoms with Gasteiger partial charge in [0.05, 0.1) is 6.54 Å². The van der Waals surface area contributed by atoms with E-state index < -0.39 is 0 Å². The van der Waals surface area contributed by atoms with E-state index >= 15 is 0 Å². The topological polar surface area (TPSA) is 55.1 Å². The molecule has 0 radical (unpaired) electrons. The Kier molecular flexibility index (Phi) is 4.32. The maximum Gasteiger partial charge on any atom is 0.220 e. The molecule has 0 aliphatic carbocycles. The van der Waals surface area contributed by atoms with E-state index in [1.165, 1.54) is 6.26 Å². The third-order valence-corrected chi connectivity index (χ3v) is 1.76. The Labute approximate surface area is 81.2 Å². The standard InChI is InChI=1S/C8H11ClN2O2/c9-4-1-2-8(12)10-6-7-3-5-13-11-7/h3,5H,1-2,4,6H2,(H,10,12). The molecule has 0 aromatic carbocycles. The number of carbonyl (C=O) groups excluding carboxylic acids is 1. The van der Waals surface area contributed by atoms with E-state index in [0.717, 1.165) is 5.69 Å². The van der Waals surface area contributed by atoms with Gasteiger partial charge in [0.15, 0.2) is 0 Å². The highest BCUT2D eigenvalue weighted by Gasteiger charge is 2.01. The summed E-state index contributed by atoms with van der Waals surface area (Å²) in [6, 6.07) is 1.71. The van der Waals surface area contributed by atoms with Crippen LogP contribution in [0, 0.1) is 0 Å². The number of nitrogens with one attached hydrogen (secondary N) is 1. The fourth-order valence-electron chi connectivity index (χ4n) is 0.834. The molecule has 0 unspecified atom stereocenters. The number of alkyl halides is 1. The largest absolute Gasteiger partial charge is 0.364 e. The van der Waals surface area contributed by atoms with Crippen molar-refractivity contribution in [1.82, 2.24) is 10.5 Å². The zero-order chi connectivity index (χ0) is 9.52. The van der Waals surface area contributed by atoms with Gasteiger partial charge in [-0.1, -0.05) is 5.16 Å². The molecule has 5 heteroatoms. The Hall–Kier alpha value is -1.03. The number of amides is 1. The number of nitrogens with zero attached hydrogens (tertiary/aromatic N) is 1. The van der Waals surface area contributed by atoms with Gasteiger partial charge in [0.25, 0.3) is 0 Å². The first-order valence-corrected chi connectivity index (χ1v) is 4.58. The molecule has 1 aromatic rings. The Bertz CT molecular complexity index is 249. The van der Waals surface area contributed by atoms with Crippen molar-refractivity contribution >= 4 is 17.5 Å². The van der Waals surface area contributed by atoms with Gasteiger partial charge in [-0.3, -0.25) is 4.79 Å². The fraction of sp³-hybridized carbons (Fsp3) is 0.500. The SMILES string of the molecule is O=C(CCCCl)NCc1ccon1. The molecule has 0 saturated heterocycles. The summed E-state index contributed by atoms with van der Waals surface area (Å²) in [6.07, 6.45) is 2.63. The first-order valence-electron chi connectivity index (χ1n) is 4.05. The molecule has 4 nitrogen and oxygen atoms in total. The van der Waals surface area contributed by atoms with E-state index in [1.54, 1.807) is 6.07 Å². The van der Waals surface area contributed by atoms with Crippen LogP contribution in [0.4, 0.5) is 0 Å². The highest BCUT2D eigenvalue weighted by molar-refractivity contribution is 6.17. The lowest BCUT2D eigenvalue weighted by molar-refractivity contribution is -0.121. The lowest BCUT2D eigenvalue weighted by atomic mass is 10.3. The van der Waals surface area contributed by atoms with Gasteiger partial charge in [-0.2, -0.15) is 0 Å². The van der Waals surface area contributed by atoms with Crippen LogP contribution in [0.15, 0.2) is 16.9 Å². The Morgan fingerprint density at radius 2 is 2.54 bits per heavy atom. The third-order valence-electron chi connectivity index (χ3n) is 1.50. The second-order valence-electron chi connectivity index (χ2n) is 2.56. The van der Waals surface area contributed by atoms with Gasteiger partial charge in [0.2, 0.25) is 5.91 Å². The van der Waals surface area contributed by atoms with Crippen LogP contribution in [-0.4, -0.2) is 16.9 Å². The molecule has 0 saturated carbocycles. The highest BCUT2D eigenvalue weighted by Crippen LogP contribution is 1.95. The molecule has 1 heterocycles. The number of hydrogen-bond donors (Lipinski definition) is 1. The second-order valence-corrected chi connectivity index (χ2v) is 2.94. The third kappa shape index (κ3) is 3.94. The second kappa shape index (κ2) is 5.59. The summed E-state index contributed by atoms with van der Waals surface area (Å²) in [5.74, 6) is 0.501. The van der Waals surface area contributed by atoms with E-state index in [2.05, 4.69) is 15.0 Å². The molecule has 13 heavy (non-hydrogen) atoms. The maximum absolute atomic E-state index is 11.1. The monoisotopic (exact) mass is 202 g/mol. The minimum Gasteiger partial charge on any atom is -0.364 e. The number of rotatable bonds is 5. The van der Waals surface area contributed by atoms with Gasteiger partial charge in [-0.25, -0.2) is 0 Å². The molecule has 0 atom stereocenters. The Morgan fingerprint density at radius 3 is 3.15 bits per heavy atom. The predicted octanol–water partition coefficient (Wildman–Crippen LogP) is 1.31. The molecule has 1 N–H and O–H groups in total. The van der Waals surface area contributed by atoms with Gasteiger partial charge in [0, 0.05) is 18.4 Å². The molecule has 0 spiro atoms. The van der Waals surface area contributed by atoms with E-state index in [1.807, 2.05) is 0 Å². The van der Waals surface area contributed by atoms with Crippen molar-refractivity contribution in [2.24, 2.45) is 0 Å². The highest BCUT2D eigenvalue weighted by atomic mass is 35.5. The van der Waals surface area contributed by atoms with Gasteiger partial charge in [-0.05, 0) is 6.42 Å². The average molecular weight is 203 g/mol. The molecule has 0 aliphatic heterocycles. The van der Waals surface area contributed by atoms with Crippen molar-refractivity contribution < 1.29 is 9.32 Å². The zero-order valence-corrected chi connectivity index (χ0v) is 7.88. The van der Waals surface area contributed by atoms with Crippen LogP contribution in [-0.2, 0) is 11.3 Å².